The number of aliphatic hydroxyl groups excluding tert-OH is 1. The molecule has 0 spiro atoms. The van der Waals surface area contributed by atoms with Crippen LogP contribution in [0.25, 0.3) is 0 Å². The molecule has 15 heteroatoms. The Bertz CT molecular complexity index is 1450. The van der Waals surface area contributed by atoms with Gasteiger partial charge < -0.3 is 24.1 Å². The largest absolute Gasteiger partial charge is 0.514 e. The van der Waals surface area contributed by atoms with Gasteiger partial charge in [-0.25, -0.2) is 9.59 Å². The summed E-state index contributed by atoms with van der Waals surface area (Å²) in [4.78, 5) is 51.2. The summed E-state index contributed by atoms with van der Waals surface area (Å²) in [5.41, 5.74) is -1.13. The number of carbonyl (C=O) groups is 3. The molecule has 0 amide bonds. The van der Waals surface area contributed by atoms with E-state index in [1.165, 1.54) is 55.5 Å². The molecule has 0 bridgehead atoms. The van der Waals surface area contributed by atoms with Crippen LogP contribution in [0.2, 0.25) is 0 Å². The zero-order chi connectivity index (χ0) is 37.3. The summed E-state index contributed by atoms with van der Waals surface area (Å²) in [6.45, 7) is 7.70. The number of hydrogen-bond acceptors (Lipinski definition) is 12. The Kier molecular flexibility index (Phi) is 32.1. The van der Waals surface area contributed by atoms with Crippen LogP contribution >= 0.6 is 11.6 Å². The number of carbonyl (C=O) groups excluding carboxylic acids is 3. The Morgan fingerprint density at radius 2 is 1.06 bits per heavy atom. The normalized spacial score (nSPS) is 10.4. The Hall–Kier alpha value is -5.86. The van der Waals surface area contributed by atoms with Gasteiger partial charge in [0.1, 0.15) is 24.7 Å². The SMILES string of the molecule is C.C/C=C/C=C/CO.C/C=C/C=C/COC(=O)Oc1ccc([N+](=O)[O-])cc1.C/C=C/C=C/COC(C)=O.O=C(Cl)Oc1ccc([N+](=O)[O-])cc1. The lowest BCUT2D eigenvalue weighted by atomic mass is 10.3. The van der Waals surface area contributed by atoms with E-state index in [-0.39, 0.29) is 49.5 Å². The first-order valence-corrected chi connectivity index (χ1v) is 14.6. The number of benzene rings is 2. The summed E-state index contributed by atoms with van der Waals surface area (Å²) < 4.78 is 18.7. The maximum absolute atomic E-state index is 11.2. The topological polar surface area (TPSA) is 195 Å². The minimum atomic E-state index is -0.978. The number of rotatable bonds is 12. The number of esters is 1. The summed E-state index contributed by atoms with van der Waals surface area (Å²) in [6, 6.07) is 10.2. The Morgan fingerprint density at radius 1 is 0.680 bits per heavy atom. The molecule has 0 aromatic heterocycles. The monoisotopic (exact) mass is 718 g/mol. The first-order chi connectivity index (χ1) is 23.4. The average molecular weight is 719 g/mol. The maximum Gasteiger partial charge on any atom is 0.514 e. The van der Waals surface area contributed by atoms with Gasteiger partial charge >= 0.3 is 17.6 Å². The molecular weight excluding hydrogens is 676 g/mol. The van der Waals surface area contributed by atoms with Crippen molar-refractivity contribution in [1.29, 1.82) is 0 Å². The van der Waals surface area contributed by atoms with E-state index < -0.39 is 21.4 Å². The first kappa shape index (κ1) is 48.5. The number of aliphatic hydroxyl groups is 1. The number of halogens is 1. The fraction of sp³-hybridized carbons (Fsp3) is 0.229. The molecule has 0 aliphatic carbocycles. The Labute approximate surface area is 296 Å². The summed E-state index contributed by atoms with van der Waals surface area (Å²) in [5.74, 6) is 0.115. The molecule has 0 fully saturated rings. The quantitative estimate of drug-likeness (QED) is 0.0547. The van der Waals surface area contributed by atoms with Gasteiger partial charge in [0, 0.05) is 42.8 Å². The molecule has 0 heterocycles. The molecule has 0 aliphatic rings. The highest BCUT2D eigenvalue weighted by atomic mass is 35.5. The van der Waals surface area contributed by atoms with Gasteiger partial charge in [-0.2, -0.15) is 0 Å². The molecule has 1 N–H and O–H groups in total. The van der Waals surface area contributed by atoms with Crippen LogP contribution in [0.4, 0.5) is 21.0 Å². The van der Waals surface area contributed by atoms with Crippen molar-refractivity contribution in [2.24, 2.45) is 0 Å². The predicted molar refractivity (Wildman–Crippen MR) is 192 cm³/mol. The van der Waals surface area contributed by atoms with Crippen LogP contribution in [0, 0.1) is 20.2 Å². The smallest absolute Gasteiger partial charge is 0.462 e. The van der Waals surface area contributed by atoms with Crippen molar-refractivity contribution >= 4 is 40.5 Å². The first-order valence-electron chi connectivity index (χ1n) is 14.2. The van der Waals surface area contributed by atoms with Gasteiger partial charge in [0.2, 0.25) is 0 Å². The van der Waals surface area contributed by atoms with Crippen LogP contribution in [0.15, 0.2) is 121 Å². The van der Waals surface area contributed by atoms with Crippen LogP contribution in [-0.4, -0.2) is 52.3 Å². The van der Waals surface area contributed by atoms with Crippen LogP contribution < -0.4 is 9.47 Å². The highest BCUT2D eigenvalue weighted by Gasteiger charge is 2.08. The van der Waals surface area contributed by atoms with E-state index in [0.717, 1.165) is 0 Å². The molecular formula is C35H43ClN2O12. The van der Waals surface area contributed by atoms with Gasteiger partial charge in [-0.05, 0) is 57.2 Å². The van der Waals surface area contributed by atoms with Crippen LogP contribution in [0.5, 0.6) is 11.5 Å². The minimum Gasteiger partial charge on any atom is -0.462 e. The molecule has 50 heavy (non-hydrogen) atoms. The van der Waals surface area contributed by atoms with Crippen molar-refractivity contribution in [3.63, 3.8) is 0 Å². The fourth-order valence-corrected chi connectivity index (χ4v) is 2.60. The van der Waals surface area contributed by atoms with Crippen LogP contribution in [-0.2, 0) is 14.3 Å². The van der Waals surface area contributed by atoms with Gasteiger partial charge in [0.05, 0.1) is 16.5 Å². The average Bonchev–Trinajstić information content (AvgIpc) is 3.06. The fourth-order valence-electron chi connectivity index (χ4n) is 2.51. The lowest BCUT2D eigenvalue weighted by Crippen LogP contribution is -2.10. The summed E-state index contributed by atoms with van der Waals surface area (Å²) in [5, 5.41) is 28.8. The number of allylic oxidation sites excluding steroid dienone is 9. The van der Waals surface area contributed by atoms with Crippen molar-refractivity contribution in [2.75, 3.05) is 19.8 Å². The molecule has 0 unspecified atom stereocenters. The third-order valence-electron chi connectivity index (χ3n) is 4.60. The van der Waals surface area contributed by atoms with Crippen LogP contribution in [0.1, 0.15) is 35.1 Å². The highest BCUT2D eigenvalue weighted by Crippen LogP contribution is 2.18. The van der Waals surface area contributed by atoms with Gasteiger partial charge in [0.15, 0.2) is 0 Å². The number of non-ortho nitro benzene ring substituents is 2. The van der Waals surface area contributed by atoms with E-state index in [1.807, 2.05) is 57.2 Å². The number of ether oxygens (including phenoxy) is 4. The highest BCUT2D eigenvalue weighted by molar-refractivity contribution is 6.61. The molecule has 14 nitrogen and oxygen atoms in total. The van der Waals surface area contributed by atoms with E-state index in [4.69, 9.17) is 26.2 Å². The maximum atomic E-state index is 11.2. The number of nitro groups is 2. The van der Waals surface area contributed by atoms with Crippen molar-refractivity contribution in [3.8, 4) is 11.5 Å². The second kappa shape index (κ2) is 33.1. The minimum absolute atomic E-state index is 0. The van der Waals surface area contributed by atoms with Gasteiger partial charge in [-0.15, -0.1) is 0 Å². The summed E-state index contributed by atoms with van der Waals surface area (Å²) >= 11 is 4.92. The second-order valence-electron chi connectivity index (χ2n) is 8.35. The Morgan fingerprint density at radius 3 is 1.40 bits per heavy atom. The lowest BCUT2D eigenvalue weighted by Gasteiger charge is -2.03. The lowest BCUT2D eigenvalue weighted by molar-refractivity contribution is -0.385. The second-order valence-corrected chi connectivity index (χ2v) is 8.66. The zero-order valence-corrected chi connectivity index (χ0v) is 28.1. The molecule has 2 rings (SSSR count). The Balaban J connectivity index is -0.000000625. The van der Waals surface area contributed by atoms with E-state index in [9.17, 15) is 34.6 Å². The van der Waals surface area contributed by atoms with E-state index in [1.54, 1.807) is 36.5 Å². The number of nitrogens with zero attached hydrogens (tertiary/aromatic N) is 2. The molecule has 2 aromatic carbocycles. The predicted octanol–water partition coefficient (Wildman–Crippen LogP) is 9.00. The molecule has 0 atom stereocenters. The van der Waals surface area contributed by atoms with Crippen molar-refractivity contribution in [2.45, 2.75) is 35.1 Å². The third kappa shape index (κ3) is 30.8. The van der Waals surface area contributed by atoms with Crippen molar-refractivity contribution < 1.29 is 48.3 Å². The standard InChI is InChI=1S/C13H13NO5.C8H12O2.C7H4ClNO4.C6H10O.CH4/c1-2-3-4-5-10-18-13(15)19-12-8-6-11(7-9-12)14(16)17;1-3-4-5-6-7-10-8(2)9;8-7(10)13-6-3-1-5(2-4-6)9(11)12;1-2-3-4-5-6-7;/h2-9H,10H2,1H3;3-6H,7H2,1-2H3;1-4H;2-5,7H,6H2,1H3;1H4/b3-2+,5-4+;4-3+,6-5+;;3-2+,5-4+;. The summed E-state index contributed by atoms with van der Waals surface area (Å²) in [7, 11) is 0. The molecule has 272 valence electrons. The zero-order valence-electron chi connectivity index (χ0n) is 27.4. The van der Waals surface area contributed by atoms with Gasteiger partial charge in [-0.3, -0.25) is 25.0 Å². The van der Waals surface area contributed by atoms with E-state index in [2.05, 4.69) is 9.47 Å². The number of hydrogen-bond donors (Lipinski definition) is 1. The third-order valence-corrected chi connectivity index (χ3v) is 4.68. The van der Waals surface area contributed by atoms with Gasteiger partial charge in [0.25, 0.3) is 11.4 Å². The van der Waals surface area contributed by atoms with E-state index >= 15 is 0 Å². The van der Waals surface area contributed by atoms with Crippen LogP contribution in [0.3, 0.4) is 0 Å². The molecule has 0 saturated carbocycles. The van der Waals surface area contributed by atoms with Crippen molar-refractivity contribution in [1.82, 2.24) is 0 Å². The molecule has 0 aliphatic heterocycles. The van der Waals surface area contributed by atoms with Crippen molar-refractivity contribution in [3.05, 3.63) is 142 Å². The molecule has 0 saturated heterocycles. The molecule has 2 aromatic rings. The number of nitro benzene ring substituents is 2. The molecule has 0 radical (unpaired) electrons. The summed E-state index contributed by atoms with van der Waals surface area (Å²) in [6.07, 6.45) is 20.8. The van der Waals surface area contributed by atoms with E-state index in [0.29, 0.717) is 6.61 Å². The van der Waals surface area contributed by atoms with Gasteiger partial charge in [-0.1, -0.05) is 68.2 Å².